The quantitative estimate of drug-likeness (QED) is 0.406. The number of aliphatic hydroxyl groups excluding tert-OH is 2. The number of nitrogens with two attached hydrogens (primary N) is 1. The predicted octanol–water partition coefficient (Wildman–Crippen LogP) is 3.18. The number of hydrogen-bond donors (Lipinski definition) is 3. The zero-order valence-corrected chi connectivity index (χ0v) is 15.6. The summed E-state index contributed by atoms with van der Waals surface area (Å²) in [5.41, 5.74) is 5.03. The van der Waals surface area contributed by atoms with Crippen molar-refractivity contribution in [2.75, 3.05) is 6.54 Å². The number of fused-ring (bicyclic) bond motifs is 1. The maximum atomic E-state index is 13.2. The number of aliphatic hydroxyl groups is 2. The third kappa shape index (κ3) is 6.12. The second-order valence-electron chi connectivity index (χ2n) is 7.63. The Morgan fingerprint density at radius 3 is 2.73 bits per heavy atom. The molecule has 2 aliphatic rings. The molecule has 6 heteroatoms. The van der Waals surface area contributed by atoms with Crippen molar-refractivity contribution in [1.29, 1.82) is 0 Å². The monoisotopic (exact) mass is 373 g/mol. The Morgan fingerprint density at radius 1 is 1.27 bits per heavy atom. The van der Waals surface area contributed by atoms with Crippen LogP contribution in [0.4, 0.5) is 8.78 Å². The highest BCUT2D eigenvalue weighted by Crippen LogP contribution is 2.44. The highest BCUT2D eigenvalue weighted by Gasteiger charge is 2.47. The van der Waals surface area contributed by atoms with E-state index in [2.05, 4.69) is 6.92 Å². The van der Waals surface area contributed by atoms with Crippen LogP contribution in [0.15, 0.2) is 24.3 Å². The summed E-state index contributed by atoms with van der Waals surface area (Å²) in [7, 11) is 0. The lowest BCUT2D eigenvalue weighted by molar-refractivity contribution is 0.0136. The molecule has 4 N–H and O–H groups in total. The van der Waals surface area contributed by atoms with Crippen LogP contribution in [0.3, 0.4) is 0 Å². The van der Waals surface area contributed by atoms with Crippen molar-refractivity contribution in [3.05, 3.63) is 24.3 Å². The molecule has 1 aliphatic carbocycles. The minimum atomic E-state index is -2.87. The second kappa shape index (κ2) is 9.93. The van der Waals surface area contributed by atoms with Crippen LogP contribution in [-0.2, 0) is 4.74 Å². The maximum Gasteiger partial charge on any atom is 0.263 e. The van der Waals surface area contributed by atoms with Gasteiger partial charge in [-0.3, -0.25) is 0 Å². The summed E-state index contributed by atoms with van der Waals surface area (Å²) in [6.45, 7) is 1.47. The lowest BCUT2D eigenvalue weighted by Crippen LogP contribution is -2.26. The fourth-order valence-corrected chi connectivity index (χ4v) is 3.94. The number of allylic oxidation sites excluding steroid dienone is 1. The van der Waals surface area contributed by atoms with E-state index in [9.17, 15) is 19.0 Å². The van der Waals surface area contributed by atoms with Gasteiger partial charge in [0.25, 0.3) is 5.92 Å². The molecule has 1 aliphatic heterocycles. The smallest absolute Gasteiger partial charge is 0.263 e. The molecular weight excluding hydrogens is 340 g/mol. The van der Waals surface area contributed by atoms with Crippen molar-refractivity contribution in [2.24, 2.45) is 17.6 Å². The van der Waals surface area contributed by atoms with Gasteiger partial charge in [0.15, 0.2) is 0 Å². The summed E-state index contributed by atoms with van der Waals surface area (Å²) < 4.78 is 32.3. The highest BCUT2D eigenvalue weighted by atomic mass is 19.3. The largest absolute Gasteiger partial charge is 0.392 e. The third-order valence-electron chi connectivity index (χ3n) is 5.47. The number of rotatable bonds is 10. The standard InChI is InChI=1S/C20H33F2NO3/c1-2-3-4-6-14(24)8-9-16-17-11-15(26-19(17)12-18(16)25)7-5-10-20(21,22)13-23/h5,7-9,14-19,24-25H,2-4,6,10-13,23H2,1H3/b7-5+,9-8+/t14-,15+,16+,17+,18+,19?/m0/s1. The summed E-state index contributed by atoms with van der Waals surface area (Å²) in [4.78, 5) is 0. The van der Waals surface area contributed by atoms with Gasteiger partial charge >= 0.3 is 0 Å². The lowest BCUT2D eigenvalue weighted by Gasteiger charge is -2.17. The Kier molecular flexibility index (Phi) is 8.20. The predicted molar refractivity (Wildman–Crippen MR) is 97.9 cm³/mol. The van der Waals surface area contributed by atoms with Crippen molar-refractivity contribution in [3.63, 3.8) is 0 Å². The van der Waals surface area contributed by atoms with Gasteiger partial charge in [0.05, 0.1) is 31.0 Å². The first-order chi connectivity index (χ1) is 12.4. The molecule has 4 nitrogen and oxygen atoms in total. The van der Waals surface area contributed by atoms with Crippen molar-refractivity contribution in [2.45, 2.75) is 82.2 Å². The Balaban J connectivity index is 1.85. The molecule has 0 aromatic heterocycles. The van der Waals surface area contributed by atoms with Crippen molar-refractivity contribution in [3.8, 4) is 0 Å². The molecule has 0 amide bonds. The van der Waals surface area contributed by atoms with E-state index in [1.54, 1.807) is 12.2 Å². The van der Waals surface area contributed by atoms with Crippen molar-refractivity contribution in [1.82, 2.24) is 0 Å². The first-order valence-corrected chi connectivity index (χ1v) is 9.80. The molecule has 0 bridgehead atoms. The van der Waals surface area contributed by atoms with Crippen molar-refractivity contribution >= 4 is 0 Å². The molecule has 1 saturated heterocycles. The fraction of sp³-hybridized carbons (Fsp3) is 0.800. The highest BCUT2D eigenvalue weighted by molar-refractivity contribution is 5.09. The molecule has 150 valence electrons. The summed E-state index contributed by atoms with van der Waals surface area (Å²) in [5.74, 6) is -2.76. The number of ether oxygens (including phenoxy) is 1. The van der Waals surface area contributed by atoms with Crippen LogP contribution in [-0.4, -0.2) is 47.1 Å². The number of unbranched alkanes of at least 4 members (excludes halogenated alkanes) is 2. The first kappa shape index (κ1) is 21.5. The average Bonchev–Trinajstić information content (AvgIpc) is 3.09. The van der Waals surface area contributed by atoms with Crippen LogP contribution in [0.25, 0.3) is 0 Å². The lowest BCUT2D eigenvalue weighted by atomic mass is 9.89. The SMILES string of the molecule is CCCCC[C@H](O)/C=C/[C@H]1[C@H](O)CC2O[C@H](/C=C/CC(F)(F)CN)C[C@@H]21. The molecule has 6 atom stereocenters. The molecular formula is C20H33F2NO3. The van der Waals surface area contributed by atoms with E-state index in [0.717, 1.165) is 25.7 Å². The van der Waals surface area contributed by atoms with E-state index in [0.29, 0.717) is 12.8 Å². The molecule has 1 saturated carbocycles. The summed E-state index contributed by atoms with van der Waals surface area (Å²) in [6.07, 6.45) is 10.4. The molecule has 0 radical (unpaired) electrons. The second-order valence-corrected chi connectivity index (χ2v) is 7.63. The molecule has 0 aromatic carbocycles. The fourth-order valence-electron chi connectivity index (χ4n) is 3.94. The van der Waals surface area contributed by atoms with Crippen LogP contribution < -0.4 is 5.73 Å². The van der Waals surface area contributed by atoms with E-state index >= 15 is 0 Å². The van der Waals surface area contributed by atoms with Crippen LogP contribution in [0.5, 0.6) is 0 Å². The molecule has 26 heavy (non-hydrogen) atoms. The van der Waals surface area contributed by atoms with Gasteiger partial charge < -0.3 is 20.7 Å². The summed E-state index contributed by atoms with van der Waals surface area (Å²) >= 11 is 0. The van der Waals surface area contributed by atoms with Gasteiger partial charge in [0, 0.05) is 18.8 Å². The van der Waals surface area contributed by atoms with Crippen LogP contribution in [0.2, 0.25) is 0 Å². The number of alkyl halides is 2. The molecule has 0 spiro atoms. The number of hydrogen-bond acceptors (Lipinski definition) is 4. The van der Waals surface area contributed by atoms with Gasteiger partial charge in [-0.25, -0.2) is 8.78 Å². The van der Waals surface area contributed by atoms with Crippen LogP contribution in [0.1, 0.15) is 51.9 Å². The van der Waals surface area contributed by atoms with E-state index in [4.69, 9.17) is 10.5 Å². The molecule has 0 aromatic rings. The van der Waals surface area contributed by atoms with E-state index in [-0.39, 0.29) is 30.5 Å². The van der Waals surface area contributed by atoms with Crippen molar-refractivity contribution < 1.29 is 23.7 Å². The molecule has 1 heterocycles. The average molecular weight is 373 g/mol. The van der Waals surface area contributed by atoms with Gasteiger partial charge in [0.1, 0.15) is 0 Å². The minimum absolute atomic E-state index is 0.0512. The number of halogens is 2. The van der Waals surface area contributed by atoms with Crippen LogP contribution in [0, 0.1) is 11.8 Å². The zero-order chi connectivity index (χ0) is 19.2. The Bertz CT molecular complexity index is 484. The molecule has 1 unspecified atom stereocenters. The Morgan fingerprint density at radius 2 is 2.04 bits per heavy atom. The van der Waals surface area contributed by atoms with Gasteiger partial charge in [-0.15, -0.1) is 0 Å². The first-order valence-electron chi connectivity index (χ1n) is 9.80. The van der Waals surface area contributed by atoms with Gasteiger partial charge in [-0.1, -0.05) is 50.5 Å². The normalized spacial score (nSPS) is 33.4. The van der Waals surface area contributed by atoms with Gasteiger partial charge in [0.2, 0.25) is 0 Å². The zero-order valence-electron chi connectivity index (χ0n) is 15.6. The summed E-state index contributed by atoms with van der Waals surface area (Å²) in [5, 5.41) is 20.3. The minimum Gasteiger partial charge on any atom is -0.392 e. The van der Waals surface area contributed by atoms with Gasteiger partial charge in [-0.2, -0.15) is 0 Å². The van der Waals surface area contributed by atoms with E-state index < -0.39 is 24.7 Å². The maximum absolute atomic E-state index is 13.2. The topological polar surface area (TPSA) is 75.7 Å². The van der Waals surface area contributed by atoms with E-state index in [1.165, 1.54) is 6.08 Å². The van der Waals surface area contributed by atoms with Gasteiger partial charge in [-0.05, 0) is 18.8 Å². The van der Waals surface area contributed by atoms with Crippen LogP contribution >= 0.6 is 0 Å². The molecule has 2 rings (SSSR count). The Labute approximate surface area is 155 Å². The summed E-state index contributed by atoms with van der Waals surface area (Å²) in [6, 6.07) is 0. The van der Waals surface area contributed by atoms with E-state index in [1.807, 2.05) is 6.08 Å². The molecule has 2 fully saturated rings. The Hall–Kier alpha value is -0.820. The third-order valence-corrected chi connectivity index (χ3v) is 5.47.